The van der Waals surface area contributed by atoms with Gasteiger partial charge in [0.25, 0.3) is 5.91 Å². The van der Waals surface area contributed by atoms with Crippen LogP contribution in [-0.2, 0) is 10.0 Å². The van der Waals surface area contributed by atoms with Crippen LogP contribution >= 0.6 is 11.6 Å². The van der Waals surface area contributed by atoms with Crippen LogP contribution in [0.3, 0.4) is 0 Å². The number of hydrogen-bond acceptors (Lipinski definition) is 4. The lowest BCUT2D eigenvalue weighted by molar-refractivity contribution is 0.102. The van der Waals surface area contributed by atoms with Crippen LogP contribution in [0.1, 0.15) is 16.8 Å². The van der Waals surface area contributed by atoms with E-state index in [-0.39, 0.29) is 11.7 Å². The van der Waals surface area contributed by atoms with Gasteiger partial charge < -0.3 is 10.1 Å². The molecule has 3 rings (SSSR count). The molecule has 0 bridgehead atoms. The molecule has 25 heavy (non-hydrogen) atoms. The normalized spacial score (nSPS) is 15.8. The Balaban J connectivity index is 1.87. The van der Waals surface area contributed by atoms with E-state index in [2.05, 4.69) is 5.32 Å². The molecule has 1 heterocycles. The van der Waals surface area contributed by atoms with Gasteiger partial charge in [-0.3, -0.25) is 9.10 Å². The third-order valence-corrected chi connectivity index (χ3v) is 6.11. The standard InChI is InChI=1S/C17H17ClN2O4S/c1-24-16-11-12(19-17(21)13-5-2-3-6-14(13)18)7-8-15(16)20-9-4-10-25(20,22)23/h2-3,5-8,11H,4,9-10H2,1H3,(H,19,21). The third-order valence-electron chi connectivity index (χ3n) is 3.92. The van der Waals surface area contributed by atoms with Gasteiger partial charge in [0.15, 0.2) is 0 Å². The van der Waals surface area contributed by atoms with E-state index in [4.69, 9.17) is 16.3 Å². The zero-order valence-corrected chi connectivity index (χ0v) is 15.1. The highest BCUT2D eigenvalue weighted by molar-refractivity contribution is 7.93. The lowest BCUT2D eigenvalue weighted by atomic mass is 10.2. The molecule has 0 saturated carbocycles. The van der Waals surface area contributed by atoms with Crippen LogP contribution in [0.25, 0.3) is 0 Å². The molecule has 1 aliphatic heterocycles. The molecule has 1 amide bonds. The number of hydrogen-bond donors (Lipinski definition) is 1. The van der Waals surface area contributed by atoms with Crippen molar-refractivity contribution < 1.29 is 17.9 Å². The van der Waals surface area contributed by atoms with Crippen LogP contribution in [0.15, 0.2) is 42.5 Å². The Kier molecular flexibility index (Phi) is 4.87. The molecule has 1 saturated heterocycles. The summed E-state index contributed by atoms with van der Waals surface area (Å²) in [5, 5.41) is 3.09. The number of nitrogens with one attached hydrogen (secondary N) is 1. The van der Waals surface area contributed by atoms with E-state index in [1.807, 2.05) is 0 Å². The van der Waals surface area contributed by atoms with Gasteiger partial charge in [0.05, 0.1) is 29.1 Å². The zero-order chi connectivity index (χ0) is 18.0. The van der Waals surface area contributed by atoms with Crippen molar-refractivity contribution in [3.8, 4) is 5.75 Å². The van der Waals surface area contributed by atoms with Crippen molar-refractivity contribution in [3.63, 3.8) is 0 Å². The highest BCUT2D eigenvalue weighted by Crippen LogP contribution is 2.35. The highest BCUT2D eigenvalue weighted by atomic mass is 35.5. The van der Waals surface area contributed by atoms with Gasteiger partial charge in [0, 0.05) is 18.3 Å². The Morgan fingerprint density at radius 1 is 1.24 bits per heavy atom. The lowest BCUT2D eigenvalue weighted by Gasteiger charge is -2.20. The molecule has 1 aliphatic rings. The molecule has 0 aromatic heterocycles. The molecule has 0 spiro atoms. The van der Waals surface area contributed by atoms with Crippen molar-refractivity contribution >= 4 is 38.9 Å². The third kappa shape index (κ3) is 3.57. The maximum absolute atomic E-state index is 12.3. The highest BCUT2D eigenvalue weighted by Gasteiger charge is 2.30. The monoisotopic (exact) mass is 380 g/mol. The number of benzene rings is 2. The van der Waals surface area contributed by atoms with Gasteiger partial charge in [0.2, 0.25) is 10.0 Å². The first-order chi connectivity index (χ1) is 11.9. The summed E-state index contributed by atoms with van der Waals surface area (Å²) in [6.07, 6.45) is 0.580. The number of ether oxygens (including phenoxy) is 1. The summed E-state index contributed by atoms with van der Waals surface area (Å²) < 4.78 is 30.9. The first-order valence-electron chi connectivity index (χ1n) is 7.67. The van der Waals surface area contributed by atoms with Crippen molar-refractivity contribution in [1.82, 2.24) is 0 Å². The van der Waals surface area contributed by atoms with Gasteiger partial charge in [0.1, 0.15) is 5.75 Å². The van der Waals surface area contributed by atoms with Crippen molar-refractivity contribution in [1.29, 1.82) is 0 Å². The smallest absolute Gasteiger partial charge is 0.257 e. The predicted octanol–water partition coefficient (Wildman–Crippen LogP) is 3.14. The largest absolute Gasteiger partial charge is 0.494 e. The Morgan fingerprint density at radius 3 is 2.64 bits per heavy atom. The minimum Gasteiger partial charge on any atom is -0.494 e. The van der Waals surface area contributed by atoms with Crippen LogP contribution in [0.2, 0.25) is 5.02 Å². The Hall–Kier alpha value is -2.25. The fourth-order valence-electron chi connectivity index (χ4n) is 2.72. The Morgan fingerprint density at radius 2 is 2.00 bits per heavy atom. The predicted molar refractivity (Wildman–Crippen MR) is 98.1 cm³/mol. The molecule has 2 aromatic rings. The average Bonchev–Trinajstić information content (AvgIpc) is 2.94. The van der Waals surface area contributed by atoms with E-state index in [0.717, 1.165) is 0 Å². The summed E-state index contributed by atoms with van der Waals surface area (Å²) in [4.78, 5) is 12.3. The molecular weight excluding hydrogens is 364 g/mol. The van der Waals surface area contributed by atoms with Crippen LogP contribution in [0, 0.1) is 0 Å². The maximum atomic E-state index is 12.3. The van der Waals surface area contributed by atoms with Crippen molar-refractivity contribution in [2.24, 2.45) is 0 Å². The van der Waals surface area contributed by atoms with Crippen molar-refractivity contribution in [3.05, 3.63) is 53.1 Å². The number of rotatable bonds is 4. The van der Waals surface area contributed by atoms with Crippen molar-refractivity contribution in [2.45, 2.75) is 6.42 Å². The number of methoxy groups -OCH3 is 1. The summed E-state index contributed by atoms with van der Waals surface area (Å²) in [5.74, 6) is 0.151. The van der Waals surface area contributed by atoms with E-state index in [1.54, 1.807) is 42.5 Å². The Bertz CT molecular complexity index is 915. The van der Waals surface area contributed by atoms with E-state index in [0.29, 0.717) is 40.7 Å². The lowest BCUT2D eigenvalue weighted by Crippen LogP contribution is -2.25. The second-order valence-corrected chi connectivity index (χ2v) is 7.98. The zero-order valence-electron chi connectivity index (χ0n) is 13.5. The van der Waals surface area contributed by atoms with Crippen LogP contribution in [0.5, 0.6) is 5.75 Å². The topological polar surface area (TPSA) is 75.7 Å². The summed E-state index contributed by atoms with van der Waals surface area (Å²) in [7, 11) is -1.85. The fourth-order valence-corrected chi connectivity index (χ4v) is 4.51. The van der Waals surface area contributed by atoms with E-state index in [1.165, 1.54) is 11.4 Å². The number of sulfonamides is 1. The molecule has 0 radical (unpaired) electrons. The number of halogens is 1. The van der Waals surface area contributed by atoms with Gasteiger partial charge in [-0.05, 0) is 30.7 Å². The summed E-state index contributed by atoms with van der Waals surface area (Å²) >= 11 is 6.03. The number of nitrogens with zero attached hydrogens (tertiary/aromatic N) is 1. The summed E-state index contributed by atoms with van der Waals surface area (Å²) in [5.41, 5.74) is 1.31. The first-order valence-corrected chi connectivity index (χ1v) is 9.65. The van der Waals surface area contributed by atoms with Crippen LogP contribution < -0.4 is 14.4 Å². The molecule has 132 valence electrons. The Labute approximate surface area is 151 Å². The number of anilines is 2. The average molecular weight is 381 g/mol. The maximum Gasteiger partial charge on any atom is 0.257 e. The number of carbonyl (C=O) groups is 1. The van der Waals surface area contributed by atoms with Crippen LogP contribution in [0.4, 0.5) is 11.4 Å². The van der Waals surface area contributed by atoms with E-state index in [9.17, 15) is 13.2 Å². The molecule has 8 heteroatoms. The van der Waals surface area contributed by atoms with Gasteiger partial charge >= 0.3 is 0 Å². The molecule has 6 nitrogen and oxygen atoms in total. The van der Waals surface area contributed by atoms with E-state index < -0.39 is 10.0 Å². The second-order valence-electron chi connectivity index (χ2n) is 5.56. The second kappa shape index (κ2) is 6.93. The van der Waals surface area contributed by atoms with Gasteiger partial charge in [-0.2, -0.15) is 0 Å². The number of carbonyl (C=O) groups excluding carboxylic acids is 1. The fraction of sp³-hybridized carbons (Fsp3) is 0.235. The number of amides is 1. The van der Waals surface area contributed by atoms with Gasteiger partial charge in [-0.1, -0.05) is 23.7 Å². The summed E-state index contributed by atoms with van der Waals surface area (Å²) in [6.45, 7) is 0.421. The quantitative estimate of drug-likeness (QED) is 0.884. The molecule has 1 N–H and O–H groups in total. The molecule has 1 fully saturated rings. The van der Waals surface area contributed by atoms with E-state index >= 15 is 0 Å². The molecule has 0 unspecified atom stereocenters. The molecule has 0 aliphatic carbocycles. The van der Waals surface area contributed by atoms with Crippen LogP contribution in [-0.4, -0.2) is 33.7 Å². The SMILES string of the molecule is COc1cc(NC(=O)c2ccccc2Cl)ccc1N1CCCS1(=O)=O. The first kappa shape index (κ1) is 17.6. The molecule has 0 atom stereocenters. The van der Waals surface area contributed by atoms with Gasteiger partial charge in [-0.25, -0.2) is 8.42 Å². The summed E-state index contributed by atoms with van der Waals surface area (Å²) in [6, 6.07) is 11.6. The van der Waals surface area contributed by atoms with Gasteiger partial charge in [-0.15, -0.1) is 0 Å². The minimum atomic E-state index is -3.31. The molecule has 2 aromatic carbocycles. The minimum absolute atomic E-state index is 0.126. The van der Waals surface area contributed by atoms with Crippen molar-refractivity contribution in [2.75, 3.05) is 29.0 Å². The molecular formula is C17H17ClN2O4S.